The molecule has 0 aromatic carbocycles. The first-order valence-electron chi connectivity index (χ1n) is 5.19. The Balaban J connectivity index is 2.04. The molecule has 0 aliphatic heterocycles. The number of nitrogens with zero attached hydrogens (tertiary/aromatic N) is 1. The predicted octanol–water partition coefficient (Wildman–Crippen LogP) is 1.35. The van der Waals surface area contributed by atoms with Gasteiger partial charge in [0, 0.05) is 25.1 Å². The van der Waals surface area contributed by atoms with Crippen molar-refractivity contribution in [1.29, 1.82) is 0 Å². The number of nitrogens with one attached hydrogen (secondary N) is 2. The molecule has 2 aromatic rings. The highest BCUT2D eigenvalue weighted by molar-refractivity contribution is 5.96. The molecule has 17 heavy (non-hydrogen) atoms. The van der Waals surface area contributed by atoms with Crippen molar-refractivity contribution >= 4 is 5.91 Å². The Bertz CT molecular complexity index is 494. The fourth-order valence-corrected chi connectivity index (χ4v) is 1.48. The van der Waals surface area contributed by atoms with E-state index in [1.54, 1.807) is 12.3 Å². The van der Waals surface area contributed by atoms with Gasteiger partial charge in [0.1, 0.15) is 5.75 Å². The van der Waals surface area contributed by atoms with Gasteiger partial charge in [-0.25, -0.2) is 0 Å². The number of pyridine rings is 1. The Morgan fingerprint density at radius 3 is 3.12 bits per heavy atom. The van der Waals surface area contributed by atoms with Crippen molar-refractivity contribution in [3.63, 3.8) is 0 Å². The maximum absolute atomic E-state index is 11.9. The molecule has 2 aromatic heterocycles. The molecule has 0 atom stereocenters. The lowest BCUT2D eigenvalue weighted by atomic mass is 10.2. The minimum absolute atomic E-state index is 0.176. The number of amides is 1. The number of ether oxygens (including phenoxy) is 1. The van der Waals surface area contributed by atoms with Crippen LogP contribution in [0.2, 0.25) is 0 Å². The smallest absolute Gasteiger partial charge is 0.255 e. The van der Waals surface area contributed by atoms with E-state index in [9.17, 15) is 4.79 Å². The van der Waals surface area contributed by atoms with E-state index in [0.29, 0.717) is 17.9 Å². The summed E-state index contributed by atoms with van der Waals surface area (Å²) in [5.74, 6) is 0.296. The average Bonchev–Trinajstić information content (AvgIpc) is 2.89. The SMILES string of the molecule is COc1cnccc1C(=O)NCc1cc[nH]c1. The number of hydrogen-bond acceptors (Lipinski definition) is 3. The number of hydrogen-bond donors (Lipinski definition) is 2. The number of methoxy groups -OCH3 is 1. The van der Waals surface area contributed by atoms with Crippen molar-refractivity contribution in [2.75, 3.05) is 7.11 Å². The van der Waals surface area contributed by atoms with E-state index in [1.807, 2.05) is 18.5 Å². The molecule has 0 saturated carbocycles. The molecule has 5 nitrogen and oxygen atoms in total. The highest BCUT2D eigenvalue weighted by Gasteiger charge is 2.11. The summed E-state index contributed by atoms with van der Waals surface area (Å²) in [5.41, 5.74) is 1.50. The van der Waals surface area contributed by atoms with Crippen molar-refractivity contribution in [2.45, 2.75) is 6.54 Å². The van der Waals surface area contributed by atoms with Crippen LogP contribution in [-0.2, 0) is 6.54 Å². The van der Waals surface area contributed by atoms with Crippen molar-refractivity contribution in [3.8, 4) is 5.75 Å². The summed E-state index contributed by atoms with van der Waals surface area (Å²) < 4.78 is 5.07. The van der Waals surface area contributed by atoms with Crippen LogP contribution >= 0.6 is 0 Å². The van der Waals surface area contributed by atoms with Gasteiger partial charge in [-0.3, -0.25) is 9.78 Å². The number of carbonyl (C=O) groups excluding carboxylic acids is 1. The van der Waals surface area contributed by atoms with Gasteiger partial charge in [0.05, 0.1) is 18.9 Å². The summed E-state index contributed by atoms with van der Waals surface area (Å²) in [5, 5.41) is 2.81. The van der Waals surface area contributed by atoms with Crippen molar-refractivity contribution < 1.29 is 9.53 Å². The number of aromatic amines is 1. The molecular weight excluding hydrogens is 218 g/mol. The molecule has 0 radical (unpaired) electrons. The zero-order valence-corrected chi connectivity index (χ0v) is 9.43. The van der Waals surface area contributed by atoms with Gasteiger partial charge in [0.15, 0.2) is 0 Å². The van der Waals surface area contributed by atoms with Gasteiger partial charge in [0.25, 0.3) is 5.91 Å². The number of aromatic nitrogens is 2. The third-order valence-electron chi connectivity index (χ3n) is 2.36. The van der Waals surface area contributed by atoms with E-state index >= 15 is 0 Å². The van der Waals surface area contributed by atoms with Gasteiger partial charge in [-0.2, -0.15) is 0 Å². The van der Waals surface area contributed by atoms with Gasteiger partial charge in [-0.1, -0.05) is 0 Å². The topological polar surface area (TPSA) is 67.0 Å². The normalized spacial score (nSPS) is 9.94. The molecule has 0 spiro atoms. The second-order valence-electron chi connectivity index (χ2n) is 3.48. The molecule has 0 unspecified atom stereocenters. The maximum atomic E-state index is 11.9. The minimum Gasteiger partial charge on any atom is -0.494 e. The second kappa shape index (κ2) is 5.16. The Labute approximate surface area is 98.8 Å². The Morgan fingerprint density at radius 2 is 2.41 bits per heavy atom. The molecule has 0 bridgehead atoms. The van der Waals surface area contributed by atoms with Crippen molar-refractivity contribution in [1.82, 2.24) is 15.3 Å². The molecule has 88 valence electrons. The summed E-state index contributed by atoms with van der Waals surface area (Å²) in [6, 6.07) is 3.54. The predicted molar refractivity (Wildman–Crippen MR) is 62.8 cm³/mol. The lowest BCUT2D eigenvalue weighted by molar-refractivity contribution is 0.0947. The van der Waals surface area contributed by atoms with E-state index in [1.165, 1.54) is 13.3 Å². The molecule has 5 heteroatoms. The first kappa shape index (κ1) is 11.2. The average molecular weight is 231 g/mol. The quantitative estimate of drug-likeness (QED) is 0.834. The van der Waals surface area contributed by atoms with Crippen LogP contribution < -0.4 is 10.1 Å². The van der Waals surface area contributed by atoms with Crippen LogP contribution in [0.4, 0.5) is 0 Å². The van der Waals surface area contributed by atoms with E-state index in [2.05, 4.69) is 15.3 Å². The van der Waals surface area contributed by atoms with Crippen LogP contribution in [0.25, 0.3) is 0 Å². The zero-order valence-electron chi connectivity index (χ0n) is 9.43. The Hall–Kier alpha value is -2.30. The van der Waals surface area contributed by atoms with E-state index in [-0.39, 0.29) is 5.91 Å². The van der Waals surface area contributed by atoms with Crippen LogP contribution in [0.3, 0.4) is 0 Å². The summed E-state index contributed by atoms with van der Waals surface area (Å²) in [6.07, 6.45) is 6.73. The highest BCUT2D eigenvalue weighted by atomic mass is 16.5. The molecule has 2 heterocycles. The first-order chi connectivity index (χ1) is 8.31. The monoisotopic (exact) mass is 231 g/mol. The summed E-state index contributed by atoms with van der Waals surface area (Å²) in [4.78, 5) is 18.7. The fourth-order valence-electron chi connectivity index (χ4n) is 1.48. The standard InChI is InChI=1S/C12H13N3O2/c1-17-11-8-14-5-3-10(11)12(16)15-7-9-2-4-13-6-9/h2-6,8,13H,7H2,1H3,(H,15,16). The number of H-pyrrole nitrogens is 1. The van der Waals surface area contributed by atoms with Crippen LogP contribution in [0, 0.1) is 0 Å². The molecule has 0 aliphatic carbocycles. The van der Waals surface area contributed by atoms with Gasteiger partial charge in [-0.15, -0.1) is 0 Å². The molecule has 0 saturated heterocycles. The summed E-state index contributed by atoms with van der Waals surface area (Å²) in [6.45, 7) is 0.480. The third kappa shape index (κ3) is 2.63. The Morgan fingerprint density at radius 1 is 1.53 bits per heavy atom. The molecular formula is C12H13N3O2. The molecule has 0 fully saturated rings. The number of carbonyl (C=O) groups is 1. The van der Waals surface area contributed by atoms with Gasteiger partial charge in [-0.05, 0) is 17.7 Å². The van der Waals surface area contributed by atoms with Crippen LogP contribution in [-0.4, -0.2) is 23.0 Å². The summed E-state index contributed by atoms with van der Waals surface area (Å²) in [7, 11) is 1.51. The Kier molecular flexibility index (Phi) is 3.40. The molecule has 1 amide bonds. The lowest BCUT2D eigenvalue weighted by Crippen LogP contribution is -2.23. The number of rotatable bonds is 4. The molecule has 2 rings (SSSR count). The van der Waals surface area contributed by atoms with Crippen molar-refractivity contribution in [2.24, 2.45) is 0 Å². The van der Waals surface area contributed by atoms with Gasteiger partial charge in [0.2, 0.25) is 0 Å². The minimum atomic E-state index is -0.176. The fraction of sp³-hybridized carbons (Fsp3) is 0.167. The first-order valence-corrected chi connectivity index (χ1v) is 5.19. The van der Waals surface area contributed by atoms with Crippen molar-refractivity contribution in [3.05, 3.63) is 48.0 Å². The van der Waals surface area contributed by atoms with Crippen LogP contribution in [0.1, 0.15) is 15.9 Å². The maximum Gasteiger partial charge on any atom is 0.255 e. The third-order valence-corrected chi connectivity index (χ3v) is 2.36. The second-order valence-corrected chi connectivity index (χ2v) is 3.48. The zero-order chi connectivity index (χ0) is 12.1. The molecule has 0 aliphatic rings. The van der Waals surface area contributed by atoms with E-state index < -0.39 is 0 Å². The van der Waals surface area contributed by atoms with Gasteiger partial charge >= 0.3 is 0 Å². The van der Waals surface area contributed by atoms with E-state index in [0.717, 1.165) is 5.56 Å². The molecule has 2 N–H and O–H groups in total. The largest absolute Gasteiger partial charge is 0.494 e. The van der Waals surface area contributed by atoms with Gasteiger partial charge < -0.3 is 15.0 Å². The highest BCUT2D eigenvalue weighted by Crippen LogP contribution is 2.15. The summed E-state index contributed by atoms with van der Waals surface area (Å²) >= 11 is 0. The van der Waals surface area contributed by atoms with Crippen LogP contribution in [0.5, 0.6) is 5.75 Å². The van der Waals surface area contributed by atoms with Crippen LogP contribution in [0.15, 0.2) is 36.9 Å². The lowest BCUT2D eigenvalue weighted by Gasteiger charge is -2.07. The van der Waals surface area contributed by atoms with E-state index in [4.69, 9.17) is 4.74 Å².